The molecule has 1 aromatic heterocycles. The van der Waals surface area contributed by atoms with E-state index in [4.69, 9.17) is 0 Å². The molecule has 0 spiro atoms. The van der Waals surface area contributed by atoms with Crippen LogP contribution in [-0.4, -0.2) is 9.55 Å². The van der Waals surface area contributed by atoms with E-state index in [9.17, 15) is 13.6 Å². The van der Waals surface area contributed by atoms with Gasteiger partial charge < -0.3 is 4.98 Å². The first-order chi connectivity index (χ1) is 8.30. The Balaban J connectivity index is 2.71. The third-order valence-electron chi connectivity index (χ3n) is 2.70. The Bertz CT molecular complexity index is 635. The second-order valence-corrected chi connectivity index (χ2v) is 5.16. The van der Waals surface area contributed by atoms with Crippen LogP contribution in [-0.2, 0) is 5.41 Å². The van der Waals surface area contributed by atoms with E-state index in [0.29, 0.717) is 5.69 Å². The Hall–Kier alpha value is -1.91. The average molecular weight is 252 g/mol. The summed E-state index contributed by atoms with van der Waals surface area (Å²) in [5, 5.41) is 0. The highest BCUT2D eigenvalue weighted by atomic mass is 19.1. The third-order valence-corrected chi connectivity index (χ3v) is 2.70. The van der Waals surface area contributed by atoms with Crippen LogP contribution in [0.3, 0.4) is 0 Å². The lowest BCUT2D eigenvalue weighted by atomic mass is 9.92. The van der Waals surface area contributed by atoms with Crippen molar-refractivity contribution in [2.45, 2.75) is 26.2 Å². The van der Waals surface area contributed by atoms with E-state index in [0.717, 1.165) is 12.1 Å². The van der Waals surface area contributed by atoms with Gasteiger partial charge >= 0.3 is 5.69 Å². The molecule has 0 fully saturated rings. The van der Waals surface area contributed by atoms with Gasteiger partial charge in [0, 0.05) is 23.4 Å². The fourth-order valence-electron chi connectivity index (χ4n) is 1.82. The van der Waals surface area contributed by atoms with Crippen molar-refractivity contribution in [2.75, 3.05) is 0 Å². The predicted molar refractivity (Wildman–Crippen MR) is 65.0 cm³/mol. The summed E-state index contributed by atoms with van der Waals surface area (Å²) in [5.41, 5.74) is -0.0870. The lowest BCUT2D eigenvalue weighted by molar-refractivity contribution is 0.540. The van der Waals surface area contributed by atoms with Gasteiger partial charge in [0.05, 0.1) is 5.69 Å². The molecule has 2 aromatic rings. The van der Waals surface area contributed by atoms with Crippen molar-refractivity contribution in [3.05, 3.63) is 52.2 Å². The van der Waals surface area contributed by atoms with E-state index in [1.54, 1.807) is 6.20 Å². The van der Waals surface area contributed by atoms with Gasteiger partial charge in [0.1, 0.15) is 11.6 Å². The molecular weight excluding hydrogens is 238 g/mol. The highest BCUT2D eigenvalue weighted by Gasteiger charge is 2.22. The van der Waals surface area contributed by atoms with Crippen LogP contribution < -0.4 is 5.69 Å². The SMILES string of the molecule is CC(C)(C)c1c[nH]c(=O)n1-c1ccc(F)cc1F. The maximum absolute atomic E-state index is 13.7. The smallest absolute Gasteiger partial charge is 0.312 e. The molecule has 0 bridgehead atoms. The second kappa shape index (κ2) is 4.08. The van der Waals surface area contributed by atoms with Crippen molar-refractivity contribution in [1.82, 2.24) is 9.55 Å². The maximum atomic E-state index is 13.7. The van der Waals surface area contributed by atoms with E-state index in [1.807, 2.05) is 20.8 Å². The predicted octanol–water partition coefficient (Wildman–Crippen LogP) is 2.74. The zero-order valence-electron chi connectivity index (χ0n) is 10.4. The van der Waals surface area contributed by atoms with Crippen molar-refractivity contribution in [3.63, 3.8) is 0 Å². The molecule has 5 heteroatoms. The average Bonchev–Trinajstić information content (AvgIpc) is 2.60. The molecule has 0 unspecified atom stereocenters. The van der Waals surface area contributed by atoms with Gasteiger partial charge in [0.15, 0.2) is 0 Å². The molecule has 18 heavy (non-hydrogen) atoms. The molecule has 1 heterocycles. The molecule has 3 nitrogen and oxygen atoms in total. The summed E-state index contributed by atoms with van der Waals surface area (Å²) in [7, 11) is 0. The minimum atomic E-state index is -0.762. The van der Waals surface area contributed by atoms with Crippen molar-refractivity contribution < 1.29 is 8.78 Å². The third kappa shape index (κ3) is 2.08. The molecule has 0 saturated carbocycles. The molecule has 2 rings (SSSR count). The van der Waals surface area contributed by atoms with Crippen molar-refractivity contribution in [3.8, 4) is 5.69 Å². The van der Waals surface area contributed by atoms with Crippen molar-refractivity contribution in [1.29, 1.82) is 0 Å². The monoisotopic (exact) mass is 252 g/mol. The number of nitrogens with one attached hydrogen (secondary N) is 1. The Kier molecular flexibility index (Phi) is 2.84. The first-order valence-corrected chi connectivity index (χ1v) is 5.57. The molecule has 1 N–H and O–H groups in total. The lowest BCUT2D eigenvalue weighted by Crippen LogP contribution is -2.24. The van der Waals surface area contributed by atoms with Crippen LogP contribution in [0.4, 0.5) is 8.78 Å². The standard InChI is InChI=1S/C13H14F2N2O/c1-13(2,3)11-7-16-12(18)17(11)10-5-4-8(14)6-9(10)15/h4-7H,1-3H3,(H,16,18). The van der Waals surface area contributed by atoms with Crippen molar-refractivity contribution in [2.24, 2.45) is 0 Å². The summed E-state index contributed by atoms with van der Waals surface area (Å²) < 4.78 is 27.9. The topological polar surface area (TPSA) is 37.8 Å². The Morgan fingerprint density at radius 1 is 1.22 bits per heavy atom. The fourth-order valence-corrected chi connectivity index (χ4v) is 1.82. The number of rotatable bonds is 1. The summed E-state index contributed by atoms with van der Waals surface area (Å²) in [4.78, 5) is 14.3. The van der Waals surface area contributed by atoms with Gasteiger partial charge in [-0.25, -0.2) is 13.6 Å². The minimum Gasteiger partial charge on any atom is -0.312 e. The number of H-pyrrole nitrogens is 1. The van der Waals surface area contributed by atoms with Crippen LogP contribution in [0.15, 0.2) is 29.2 Å². The molecule has 96 valence electrons. The summed E-state index contributed by atoms with van der Waals surface area (Å²) >= 11 is 0. The van der Waals surface area contributed by atoms with Gasteiger partial charge in [-0.1, -0.05) is 20.8 Å². The molecular formula is C13H14F2N2O. The number of imidazole rings is 1. The van der Waals surface area contributed by atoms with Gasteiger partial charge in [-0.3, -0.25) is 4.57 Å². The zero-order chi connectivity index (χ0) is 13.5. The molecule has 0 aliphatic carbocycles. The number of hydrogen-bond acceptors (Lipinski definition) is 1. The van der Waals surface area contributed by atoms with Gasteiger partial charge in [-0.2, -0.15) is 0 Å². The largest absolute Gasteiger partial charge is 0.330 e. The first kappa shape index (κ1) is 12.5. The second-order valence-electron chi connectivity index (χ2n) is 5.16. The Labute approximate surface area is 103 Å². The molecule has 0 atom stereocenters. The summed E-state index contributed by atoms with van der Waals surface area (Å²) in [6, 6.07) is 3.15. The molecule has 0 aliphatic rings. The number of aromatic amines is 1. The highest BCUT2D eigenvalue weighted by Crippen LogP contribution is 2.24. The lowest BCUT2D eigenvalue weighted by Gasteiger charge is -2.20. The van der Waals surface area contributed by atoms with Crippen LogP contribution in [0.5, 0.6) is 0 Å². The van der Waals surface area contributed by atoms with Crippen LogP contribution in [0.25, 0.3) is 5.69 Å². The van der Waals surface area contributed by atoms with Gasteiger partial charge in [-0.15, -0.1) is 0 Å². The Morgan fingerprint density at radius 2 is 1.89 bits per heavy atom. The molecule has 0 radical (unpaired) electrons. The van der Waals surface area contributed by atoms with E-state index in [1.165, 1.54) is 10.6 Å². The van der Waals surface area contributed by atoms with Crippen LogP contribution >= 0.6 is 0 Å². The zero-order valence-corrected chi connectivity index (χ0v) is 10.4. The summed E-state index contributed by atoms with van der Waals surface area (Å²) in [6.07, 6.45) is 1.55. The van der Waals surface area contributed by atoms with Gasteiger partial charge in [-0.05, 0) is 12.1 Å². The molecule has 0 amide bonds. The number of halogens is 2. The number of aromatic nitrogens is 2. The quantitative estimate of drug-likeness (QED) is 0.832. The highest BCUT2D eigenvalue weighted by molar-refractivity contribution is 5.37. The number of hydrogen-bond donors (Lipinski definition) is 1. The van der Waals surface area contributed by atoms with E-state index in [-0.39, 0.29) is 11.1 Å². The van der Waals surface area contributed by atoms with Crippen molar-refractivity contribution >= 4 is 0 Å². The Morgan fingerprint density at radius 3 is 2.44 bits per heavy atom. The van der Waals surface area contributed by atoms with Crippen LogP contribution in [0.1, 0.15) is 26.5 Å². The van der Waals surface area contributed by atoms with E-state index < -0.39 is 17.3 Å². The van der Waals surface area contributed by atoms with Gasteiger partial charge in [0.25, 0.3) is 0 Å². The fraction of sp³-hybridized carbons (Fsp3) is 0.308. The molecule has 0 saturated heterocycles. The van der Waals surface area contributed by atoms with Crippen LogP contribution in [0.2, 0.25) is 0 Å². The number of benzene rings is 1. The first-order valence-electron chi connectivity index (χ1n) is 5.57. The molecule has 0 aliphatic heterocycles. The van der Waals surface area contributed by atoms with E-state index >= 15 is 0 Å². The number of nitrogens with zero attached hydrogens (tertiary/aromatic N) is 1. The maximum Gasteiger partial charge on any atom is 0.330 e. The normalized spacial score (nSPS) is 11.8. The minimum absolute atomic E-state index is 0.0487. The summed E-state index contributed by atoms with van der Waals surface area (Å²) in [6.45, 7) is 5.73. The molecule has 1 aromatic carbocycles. The van der Waals surface area contributed by atoms with Gasteiger partial charge in [0.2, 0.25) is 0 Å². The van der Waals surface area contributed by atoms with Crippen LogP contribution in [0, 0.1) is 11.6 Å². The summed E-state index contributed by atoms with van der Waals surface area (Å²) in [5.74, 6) is -1.43. The van der Waals surface area contributed by atoms with E-state index in [2.05, 4.69) is 4.98 Å².